The normalized spacial score (nSPS) is 14.7. The number of carboxylic acid groups (broad SMARTS) is 1. The van der Waals surface area contributed by atoms with Crippen molar-refractivity contribution in [2.24, 2.45) is 5.92 Å². The molecule has 0 fully saturated rings. The molecule has 0 bridgehead atoms. The molecule has 9 heteroatoms. The lowest BCUT2D eigenvalue weighted by atomic mass is 9.95. The third kappa shape index (κ3) is 3.24. The molecule has 1 atom stereocenters. The number of hydrogen-bond donors (Lipinski definition) is 1. The van der Waals surface area contributed by atoms with Gasteiger partial charge in [-0.15, -0.1) is 0 Å². The van der Waals surface area contributed by atoms with Gasteiger partial charge in [-0.05, 0) is 24.1 Å². The first-order valence-electron chi connectivity index (χ1n) is 10.5. The molecule has 0 amide bonds. The fourth-order valence-electron chi connectivity index (χ4n) is 4.36. The lowest BCUT2D eigenvalue weighted by Crippen LogP contribution is -2.33. The van der Waals surface area contributed by atoms with Gasteiger partial charge in [-0.1, -0.05) is 19.9 Å². The maximum atomic E-state index is 15.7. The summed E-state index contributed by atoms with van der Waals surface area (Å²) in [5.41, 5.74) is 1.31. The molecule has 5 heterocycles. The third-order valence-electron chi connectivity index (χ3n) is 5.96. The van der Waals surface area contributed by atoms with E-state index in [1.54, 1.807) is 46.2 Å². The standard InChI is InChI=1S/C24H20FN5O3/c1-13(2)17-12-30-21(22-19(25)23(31)16(24(32)33)11-29(17)22)18(14-5-3-7-26-9-14)20(28-30)15-6-4-8-27-10-15/h3-11,13,17H,12H2,1-2H3,(H,32,33)/t17-/m0/s1. The number of aromatic carboxylic acids is 1. The molecule has 0 saturated heterocycles. The number of halogens is 1. The van der Waals surface area contributed by atoms with E-state index in [-0.39, 0.29) is 17.7 Å². The Morgan fingerprint density at radius 3 is 2.36 bits per heavy atom. The lowest BCUT2D eigenvalue weighted by Gasteiger charge is -2.33. The Morgan fingerprint density at radius 2 is 1.79 bits per heavy atom. The largest absolute Gasteiger partial charge is 0.477 e. The molecular weight excluding hydrogens is 425 g/mol. The Morgan fingerprint density at radius 1 is 1.12 bits per heavy atom. The highest BCUT2D eigenvalue weighted by Gasteiger charge is 2.36. The Labute approximate surface area is 188 Å². The van der Waals surface area contributed by atoms with Crippen LogP contribution in [0, 0.1) is 11.7 Å². The van der Waals surface area contributed by atoms with Crippen molar-refractivity contribution in [1.82, 2.24) is 24.3 Å². The molecule has 0 radical (unpaired) electrons. The fraction of sp³-hybridized carbons (Fsp3) is 0.208. The van der Waals surface area contributed by atoms with Gasteiger partial charge < -0.3 is 9.67 Å². The van der Waals surface area contributed by atoms with Crippen LogP contribution in [0.1, 0.15) is 30.2 Å². The summed E-state index contributed by atoms with van der Waals surface area (Å²) in [7, 11) is 0. The molecule has 5 rings (SSSR count). The van der Waals surface area contributed by atoms with Crippen molar-refractivity contribution in [3.05, 3.63) is 76.9 Å². The second-order valence-corrected chi connectivity index (χ2v) is 8.30. The minimum absolute atomic E-state index is 0.0216. The van der Waals surface area contributed by atoms with Crippen LogP contribution >= 0.6 is 0 Å². The molecule has 0 unspecified atom stereocenters. The van der Waals surface area contributed by atoms with Crippen LogP contribution in [0.5, 0.6) is 0 Å². The third-order valence-corrected chi connectivity index (χ3v) is 5.96. The minimum Gasteiger partial charge on any atom is -0.477 e. The number of pyridine rings is 3. The van der Waals surface area contributed by atoms with E-state index in [9.17, 15) is 14.7 Å². The van der Waals surface area contributed by atoms with Gasteiger partial charge in [-0.3, -0.25) is 19.4 Å². The van der Waals surface area contributed by atoms with Gasteiger partial charge in [0, 0.05) is 47.7 Å². The van der Waals surface area contributed by atoms with E-state index in [1.807, 2.05) is 26.0 Å². The van der Waals surface area contributed by atoms with Crippen molar-refractivity contribution in [2.45, 2.75) is 26.4 Å². The van der Waals surface area contributed by atoms with Gasteiger partial charge in [0.25, 0.3) is 0 Å². The summed E-state index contributed by atoms with van der Waals surface area (Å²) in [5.74, 6) is -2.54. The molecule has 0 aromatic carbocycles. The summed E-state index contributed by atoms with van der Waals surface area (Å²) in [5, 5.41) is 14.3. The number of fused-ring (bicyclic) bond motifs is 3. The van der Waals surface area contributed by atoms with E-state index in [2.05, 4.69) is 9.97 Å². The number of nitrogens with zero attached hydrogens (tertiary/aromatic N) is 5. The van der Waals surface area contributed by atoms with E-state index >= 15 is 4.39 Å². The predicted molar refractivity (Wildman–Crippen MR) is 119 cm³/mol. The van der Waals surface area contributed by atoms with Crippen LogP contribution in [-0.4, -0.2) is 35.4 Å². The number of carboxylic acids is 1. The molecule has 0 saturated carbocycles. The van der Waals surface area contributed by atoms with E-state index in [0.717, 1.165) is 5.56 Å². The maximum Gasteiger partial charge on any atom is 0.341 e. The SMILES string of the molecule is CC(C)[C@@H]1Cn2nc(-c3cccnc3)c(-c3cccnc3)c2-c2c(F)c(=O)c(C(=O)O)cn21. The molecule has 166 valence electrons. The second kappa shape index (κ2) is 7.77. The molecule has 1 aliphatic heterocycles. The van der Waals surface area contributed by atoms with Crippen molar-refractivity contribution in [1.29, 1.82) is 0 Å². The van der Waals surface area contributed by atoms with Gasteiger partial charge in [-0.2, -0.15) is 5.10 Å². The van der Waals surface area contributed by atoms with Crippen molar-refractivity contribution >= 4 is 5.97 Å². The summed E-state index contributed by atoms with van der Waals surface area (Å²) in [4.78, 5) is 32.7. The van der Waals surface area contributed by atoms with Crippen LogP contribution in [0.15, 0.2) is 60.0 Å². The minimum atomic E-state index is -1.46. The first-order chi connectivity index (χ1) is 15.9. The number of hydrogen-bond acceptors (Lipinski definition) is 5. The van der Waals surface area contributed by atoms with Crippen LogP contribution in [0.25, 0.3) is 33.8 Å². The molecule has 8 nitrogen and oxygen atoms in total. The highest BCUT2D eigenvalue weighted by Crippen LogP contribution is 2.44. The molecule has 4 aromatic rings. The van der Waals surface area contributed by atoms with Gasteiger partial charge in [0.1, 0.15) is 17.0 Å². The van der Waals surface area contributed by atoms with Gasteiger partial charge in [0.15, 0.2) is 5.82 Å². The summed E-state index contributed by atoms with van der Waals surface area (Å²) >= 11 is 0. The lowest BCUT2D eigenvalue weighted by molar-refractivity contribution is 0.0693. The Bertz CT molecular complexity index is 1430. The highest BCUT2D eigenvalue weighted by molar-refractivity contribution is 5.92. The van der Waals surface area contributed by atoms with Gasteiger partial charge in [-0.25, -0.2) is 9.18 Å². The Kier molecular flexibility index (Phi) is 4.88. The zero-order valence-corrected chi connectivity index (χ0v) is 17.9. The molecular formula is C24H20FN5O3. The van der Waals surface area contributed by atoms with E-state index in [1.165, 1.54) is 6.20 Å². The molecule has 0 spiro atoms. The molecule has 33 heavy (non-hydrogen) atoms. The Balaban J connectivity index is 1.91. The summed E-state index contributed by atoms with van der Waals surface area (Å²) in [6.45, 7) is 4.31. The second-order valence-electron chi connectivity index (χ2n) is 8.30. The molecule has 0 aliphatic carbocycles. The van der Waals surface area contributed by atoms with E-state index in [4.69, 9.17) is 5.10 Å². The average Bonchev–Trinajstić information content (AvgIpc) is 3.20. The smallest absolute Gasteiger partial charge is 0.341 e. The summed E-state index contributed by atoms with van der Waals surface area (Å²) in [6.07, 6.45) is 7.86. The first-order valence-corrected chi connectivity index (χ1v) is 10.5. The summed E-state index contributed by atoms with van der Waals surface area (Å²) in [6, 6.07) is 6.95. The number of aromatic nitrogens is 5. The van der Waals surface area contributed by atoms with Crippen LogP contribution in [0.4, 0.5) is 4.39 Å². The van der Waals surface area contributed by atoms with Crippen molar-refractivity contribution in [3.8, 4) is 33.8 Å². The molecule has 1 aliphatic rings. The van der Waals surface area contributed by atoms with Gasteiger partial charge in [0.2, 0.25) is 5.43 Å². The van der Waals surface area contributed by atoms with Crippen molar-refractivity contribution in [2.75, 3.05) is 0 Å². The van der Waals surface area contributed by atoms with Crippen LogP contribution in [-0.2, 0) is 6.54 Å². The van der Waals surface area contributed by atoms with Crippen molar-refractivity contribution in [3.63, 3.8) is 0 Å². The quantitative estimate of drug-likeness (QED) is 0.511. The Hall–Kier alpha value is -4.14. The zero-order chi connectivity index (χ0) is 23.3. The molecule has 1 N–H and O–H groups in total. The van der Waals surface area contributed by atoms with Gasteiger partial charge >= 0.3 is 5.97 Å². The fourth-order valence-corrected chi connectivity index (χ4v) is 4.36. The number of rotatable bonds is 4. The number of carbonyl (C=O) groups is 1. The zero-order valence-electron chi connectivity index (χ0n) is 17.9. The van der Waals surface area contributed by atoms with Crippen molar-refractivity contribution < 1.29 is 14.3 Å². The highest BCUT2D eigenvalue weighted by atomic mass is 19.1. The van der Waals surface area contributed by atoms with E-state index < -0.39 is 22.8 Å². The summed E-state index contributed by atoms with van der Waals surface area (Å²) < 4.78 is 18.9. The molecule has 4 aromatic heterocycles. The maximum absolute atomic E-state index is 15.7. The van der Waals surface area contributed by atoms with Crippen LogP contribution in [0.2, 0.25) is 0 Å². The predicted octanol–water partition coefficient (Wildman–Crippen LogP) is 3.88. The van der Waals surface area contributed by atoms with Crippen LogP contribution in [0.3, 0.4) is 0 Å². The van der Waals surface area contributed by atoms with Crippen LogP contribution < -0.4 is 5.43 Å². The monoisotopic (exact) mass is 445 g/mol. The average molecular weight is 445 g/mol. The first kappa shape index (κ1) is 20.7. The topological polar surface area (TPSA) is 103 Å². The van der Waals surface area contributed by atoms with Gasteiger partial charge in [0.05, 0.1) is 18.3 Å². The van der Waals surface area contributed by atoms with E-state index in [0.29, 0.717) is 29.1 Å².